The van der Waals surface area contributed by atoms with Crippen LogP contribution in [0.1, 0.15) is 34.6 Å². The molecule has 0 spiro atoms. The maximum Gasteiger partial charge on any atom is 0.313 e. The summed E-state index contributed by atoms with van der Waals surface area (Å²) in [5.74, 6) is -1.22. The van der Waals surface area contributed by atoms with Gasteiger partial charge in [-0.1, -0.05) is 0 Å². The van der Waals surface area contributed by atoms with Crippen molar-refractivity contribution in [1.29, 1.82) is 0 Å². The van der Waals surface area contributed by atoms with E-state index in [2.05, 4.69) is 0 Å². The number of rotatable bonds is 1. The van der Waals surface area contributed by atoms with E-state index in [1.165, 1.54) is 0 Å². The number of aliphatic hydroxyl groups is 1. The molecule has 1 unspecified atom stereocenters. The summed E-state index contributed by atoms with van der Waals surface area (Å²) in [7, 11) is 0. The molecule has 18 heavy (non-hydrogen) atoms. The molecule has 2 fully saturated rings. The number of ether oxygens (including phenoxy) is 4. The molecule has 6 nitrogen and oxygen atoms in total. The monoisotopic (exact) mass is 260 g/mol. The molecular formula is C12H20O6. The lowest BCUT2D eigenvalue weighted by molar-refractivity contribution is -0.262. The molecule has 1 N–H and O–H groups in total. The summed E-state index contributed by atoms with van der Waals surface area (Å²) in [5, 5.41) is 9.70. The minimum atomic E-state index is -1.14. The first-order valence-corrected chi connectivity index (χ1v) is 6.00. The van der Waals surface area contributed by atoms with E-state index in [0.29, 0.717) is 0 Å². The van der Waals surface area contributed by atoms with Crippen LogP contribution in [-0.4, -0.2) is 41.7 Å². The maximum absolute atomic E-state index is 11.8. The lowest BCUT2D eigenvalue weighted by Crippen LogP contribution is -2.36. The molecule has 2 heterocycles. The van der Waals surface area contributed by atoms with E-state index in [4.69, 9.17) is 18.9 Å². The van der Waals surface area contributed by atoms with Crippen LogP contribution in [-0.2, 0) is 23.7 Å². The van der Waals surface area contributed by atoms with Gasteiger partial charge in [0.1, 0.15) is 6.10 Å². The van der Waals surface area contributed by atoms with Gasteiger partial charge in [-0.15, -0.1) is 0 Å². The zero-order valence-corrected chi connectivity index (χ0v) is 11.3. The maximum atomic E-state index is 11.8. The van der Waals surface area contributed by atoms with Crippen molar-refractivity contribution in [3.63, 3.8) is 0 Å². The summed E-state index contributed by atoms with van der Waals surface area (Å²) in [4.78, 5) is 11.8. The van der Waals surface area contributed by atoms with Crippen molar-refractivity contribution in [1.82, 2.24) is 0 Å². The largest absolute Gasteiger partial charge is 0.432 e. The van der Waals surface area contributed by atoms with Crippen LogP contribution in [0, 0.1) is 5.41 Å². The predicted molar refractivity (Wildman–Crippen MR) is 60.3 cm³/mol. The van der Waals surface area contributed by atoms with Crippen molar-refractivity contribution >= 4 is 5.97 Å². The third kappa shape index (κ3) is 2.51. The Balaban J connectivity index is 2.05. The number of hydrogen-bond acceptors (Lipinski definition) is 6. The van der Waals surface area contributed by atoms with Gasteiger partial charge in [0.15, 0.2) is 18.2 Å². The zero-order valence-electron chi connectivity index (χ0n) is 11.3. The molecule has 0 radical (unpaired) electrons. The van der Waals surface area contributed by atoms with Crippen LogP contribution < -0.4 is 0 Å². The van der Waals surface area contributed by atoms with Crippen LogP contribution in [0.15, 0.2) is 0 Å². The SMILES string of the molecule is CC1(C)O[C@@H]2[C@@H](OC(=O)C(C)(C)C)OC(O)[C@@H]2O1. The Bertz CT molecular complexity index is 345. The van der Waals surface area contributed by atoms with E-state index < -0.39 is 42.0 Å². The summed E-state index contributed by atoms with van der Waals surface area (Å²) >= 11 is 0. The van der Waals surface area contributed by atoms with Crippen molar-refractivity contribution in [2.75, 3.05) is 0 Å². The molecule has 2 aliphatic rings. The molecule has 2 rings (SSSR count). The van der Waals surface area contributed by atoms with Crippen molar-refractivity contribution in [2.24, 2.45) is 5.41 Å². The number of aliphatic hydroxyl groups excluding tert-OH is 1. The first kappa shape index (κ1) is 13.7. The van der Waals surface area contributed by atoms with Gasteiger partial charge in [-0.2, -0.15) is 0 Å². The Morgan fingerprint density at radius 3 is 2.33 bits per heavy atom. The zero-order chi connectivity index (χ0) is 13.7. The third-order valence-electron chi connectivity index (χ3n) is 2.82. The van der Waals surface area contributed by atoms with Gasteiger partial charge in [0.05, 0.1) is 5.41 Å². The first-order chi connectivity index (χ1) is 8.10. The Hall–Kier alpha value is -0.690. The van der Waals surface area contributed by atoms with Gasteiger partial charge in [0.2, 0.25) is 6.29 Å². The van der Waals surface area contributed by atoms with Gasteiger partial charge in [-0.05, 0) is 34.6 Å². The predicted octanol–water partition coefficient (Wildman–Crippen LogP) is 0.770. The number of esters is 1. The van der Waals surface area contributed by atoms with Crippen molar-refractivity contribution in [3.8, 4) is 0 Å². The summed E-state index contributed by atoms with van der Waals surface area (Å²) in [6.45, 7) is 8.71. The van der Waals surface area contributed by atoms with Crippen LogP contribution in [0.2, 0.25) is 0 Å². The summed E-state index contributed by atoms with van der Waals surface area (Å²) in [6, 6.07) is 0. The first-order valence-electron chi connectivity index (χ1n) is 6.00. The van der Waals surface area contributed by atoms with Crippen molar-refractivity contribution < 1.29 is 28.8 Å². The van der Waals surface area contributed by atoms with Gasteiger partial charge in [-0.3, -0.25) is 4.79 Å². The molecule has 0 aromatic heterocycles. The van der Waals surface area contributed by atoms with E-state index in [1.54, 1.807) is 34.6 Å². The van der Waals surface area contributed by atoms with E-state index in [0.717, 1.165) is 0 Å². The molecule has 4 atom stereocenters. The Kier molecular flexibility index (Phi) is 3.18. The topological polar surface area (TPSA) is 74.2 Å². The van der Waals surface area contributed by atoms with Crippen LogP contribution >= 0.6 is 0 Å². The molecule has 0 aliphatic carbocycles. The van der Waals surface area contributed by atoms with E-state index in [1.807, 2.05) is 0 Å². The number of carbonyl (C=O) groups excluding carboxylic acids is 1. The fraction of sp³-hybridized carbons (Fsp3) is 0.917. The molecular weight excluding hydrogens is 240 g/mol. The average Bonchev–Trinajstić information content (AvgIpc) is 2.62. The number of hydrogen-bond donors (Lipinski definition) is 1. The van der Waals surface area contributed by atoms with Crippen LogP contribution in [0.4, 0.5) is 0 Å². The van der Waals surface area contributed by atoms with E-state index in [-0.39, 0.29) is 0 Å². The van der Waals surface area contributed by atoms with Gasteiger partial charge < -0.3 is 24.1 Å². The second-order valence-electron chi connectivity index (χ2n) is 6.12. The van der Waals surface area contributed by atoms with Gasteiger partial charge in [0.25, 0.3) is 0 Å². The molecule has 104 valence electrons. The highest BCUT2D eigenvalue weighted by Crippen LogP contribution is 2.38. The molecule has 0 saturated carbocycles. The number of fused-ring (bicyclic) bond motifs is 1. The Labute approximate surface area is 106 Å². The normalized spacial score (nSPS) is 38.6. The highest BCUT2D eigenvalue weighted by atomic mass is 16.8. The van der Waals surface area contributed by atoms with Crippen LogP contribution in [0.25, 0.3) is 0 Å². The smallest absolute Gasteiger partial charge is 0.313 e. The highest BCUT2D eigenvalue weighted by Gasteiger charge is 2.56. The Morgan fingerprint density at radius 2 is 1.78 bits per heavy atom. The molecule has 6 heteroatoms. The van der Waals surface area contributed by atoms with E-state index in [9.17, 15) is 9.90 Å². The summed E-state index contributed by atoms with van der Waals surface area (Å²) < 4.78 is 21.5. The molecule has 2 saturated heterocycles. The molecule has 0 bridgehead atoms. The minimum absolute atomic E-state index is 0.409. The summed E-state index contributed by atoms with van der Waals surface area (Å²) in [5.41, 5.74) is -0.638. The van der Waals surface area contributed by atoms with Crippen LogP contribution in [0.3, 0.4) is 0 Å². The molecule has 2 aliphatic heterocycles. The van der Waals surface area contributed by atoms with Crippen molar-refractivity contribution in [2.45, 2.75) is 65.2 Å². The average molecular weight is 260 g/mol. The second kappa shape index (κ2) is 4.16. The third-order valence-corrected chi connectivity index (χ3v) is 2.82. The molecule has 0 aromatic carbocycles. The number of carbonyl (C=O) groups is 1. The lowest BCUT2D eigenvalue weighted by atomic mass is 9.97. The van der Waals surface area contributed by atoms with E-state index >= 15 is 0 Å². The quantitative estimate of drug-likeness (QED) is 0.702. The second-order valence-corrected chi connectivity index (χ2v) is 6.12. The fourth-order valence-electron chi connectivity index (χ4n) is 1.92. The van der Waals surface area contributed by atoms with Gasteiger partial charge >= 0.3 is 5.97 Å². The molecule has 0 amide bonds. The molecule has 0 aromatic rings. The Morgan fingerprint density at radius 1 is 1.22 bits per heavy atom. The lowest BCUT2D eigenvalue weighted by Gasteiger charge is -2.24. The van der Waals surface area contributed by atoms with Gasteiger partial charge in [-0.25, -0.2) is 0 Å². The minimum Gasteiger partial charge on any atom is -0.432 e. The van der Waals surface area contributed by atoms with Crippen LogP contribution in [0.5, 0.6) is 0 Å². The fourth-order valence-corrected chi connectivity index (χ4v) is 1.92. The standard InChI is InChI=1S/C12H20O6/c1-11(2,3)10(14)16-9-7-6(8(13)15-9)17-12(4,5)18-7/h6-9,13H,1-5H3/t6-,7+,8?,9-/m1/s1. The summed E-state index contributed by atoms with van der Waals surface area (Å²) in [6.07, 6.45) is -3.30. The van der Waals surface area contributed by atoms with Gasteiger partial charge in [0, 0.05) is 0 Å². The van der Waals surface area contributed by atoms with Crippen molar-refractivity contribution in [3.05, 3.63) is 0 Å². The highest BCUT2D eigenvalue weighted by molar-refractivity contribution is 5.75.